The van der Waals surface area contributed by atoms with Crippen LogP contribution >= 0.6 is 23.1 Å². The van der Waals surface area contributed by atoms with Gasteiger partial charge in [-0.2, -0.15) is 0 Å². The summed E-state index contributed by atoms with van der Waals surface area (Å²) in [5.41, 5.74) is 1.61. The molecule has 0 spiro atoms. The second kappa shape index (κ2) is 9.51. The second-order valence-corrected chi connectivity index (χ2v) is 10.0. The van der Waals surface area contributed by atoms with E-state index in [-0.39, 0.29) is 15.9 Å². The number of hydrogen-bond donors (Lipinski definition) is 2. The summed E-state index contributed by atoms with van der Waals surface area (Å²) in [6, 6.07) is 11.1. The van der Waals surface area contributed by atoms with Crippen LogP contribution in [0.15, 0.2) is 74.7 Å². The number of nitrogens with zero attached hydrogens (tertiary/aromatic N) is 3. The van der Waals surface area contributed by atoms with Gasteiger partial charge in [0.2, 0.25) is 0 Å². The molecular formula is C20H17N5O4S3. The molecule has 0 unspecified atom stereocenters. The third kappa shape index (κ3) is 5.33. The summed E-state index contributed by atoms with van der Waals surface area (Å²) in [7, 11) is -3.76. The molecule has 0 aliphatic carbocycles. The number of benzene rings is 1. The minimum absolute atomic E-state index is 0.0613. The highest BCUT2D eigenvalue weighted by atomic mass is 32.2. The highest BCUT2D eigenvalue weighted by Crippen LogP contribution is 2.25. The van der Waals surface area contributed by atoms with Crippen LogP contribution in [-0.2, 0) is 15.8 Å². The van der Waals surface area contributed by atoms with Crippen molar-refractivity contribution in [3.05, 3.63) is 77.3 Å². The molecule has 3 aromatic heterocycles. The van der Waals surface area contributed by atoms with Gasteiger partial charge in [-0.25, -0.2) is 18.4 Å². The highest BCUT2D eigenvalue weighted by molar-refractivity contribution is 7.98. The van der Waals surface area contributed by atoms with Crippen molar-refractivity contribution in [3.8, 4) is 0 Å². The Kier molecular flexibility index (Phi) is 6.53. The normalized spacial score (nSPS) is 11.3. The van der Waals surface area contributed by atoms with E-state index in [0.29, 0.717) is 27.8 Å². The fourth-order valence-corrected chi connectivity index (χ4v) is 5.33. The van der Waals surface area contributed by atoms with Crippen LogP contribution in [0, 0.1) is 6.92 Å². The zero-order chi connectivity index (χ0) is 22.6. The molecule has 3 heterocycles. The summed E-state index contributed by atoms with van der Waals surface area (Å²) >= 11 is 2.56. The van der Waals surface area contributed by atoms with E-state index in [9.17, 15) is 13.2 Å². The molecule has 0 atom stereocenters. The van der Waals surface area contributed by atoms with E-state index in [4.69, 9.17) is 4.52 Å². The summed E-state index contributed by atoms with van der Waals surface area (Å²) in [5, 5.41) is 9.23. The van der Waals surface area contributed by atoms with Crippen LogP contribution < -0.4 is 10.0 Å². The Hall–Kier alpha value is -3.22. The lowest BCUT2D eigenvalue weighted by molar-refractivity contribution is 0.102. The van der Waals surface area contributed by atoms with E-state index < -0.39 is 10.0 Å². The Labute approximate surface area is 192 Å². The van der Waals surface area contributed by atoms with Gasteiger partial charge in [-0.1, -0.05) is 16.9 Å². The molecule has 4 rings (SSSR count). The molecular weight excluding hydrogens is 470 g/mol. The molecule has 4 aromatic rings. The van der Waals surface area contributed by atoms with Crippen LogP contribution in [0.4, 0.5) is 10.8 Å². The first kappa shape index (κ1) is 22.0. The number of aromatic nitrogens is 3. The van der Waals surface area contributed by atoms with Gasteiger partial charge >= 0.3 is 0 Å². The largest absolute Gasteiger partial charge is 0.361 e. The van der Waals surface area contributed by atoms with E-state index in [1.165, 1.54) is 53.6 Å². The third-order valence-electron chi connectivity index (χ3n) is 4.13. The van der Waals surface area contributed by atoms with Gasteiger partial charge in [0.25, 0.3) is 15.9 Å². The quantitative estimate of drug-likeness (QED) is 0.354. The number of amides is 1. The molecule has 32 heavy (non-hydrogen) atoms. The molecule has 12 heteroatoms. The van der Waals surface area contributed by atoms with Crippen LogP contribution in [-0.4, -0.2) is 29.4 Å². The van der Waals surface area contributed by atoms with Gasteiger partial charge in [-0.3, -0.25) is 9.52 Å². The van der Waals surface area contributed by atoms with Crippen molar-refractivity contribution in [3.63, 3.8) is 0 Å². The number of aryl methyl sites for hydroxylation is 1. The van der Waals surface area contributed by atoms with Crippen molar-refractivity contribution in [2.24, 2.45) is 0 Å². The molecule has 1 amide bonds. The summed E-state index contributed by atoms with van der Waals surface area (Å²) in [4.78, 5) is 21.1. The van der Waals surface area contributed by atoms with Gasteiger partial charge < -0.3 is 9.84 Å². The number of rotatable bonds is 8. The van der Waals surface area contributed by atoms with Crippen molar-refractivity contribution in [2.75, 3.05) is 10.0 Å². The number of carbonyl (C=O) groups is 1. The lowest BCUT2D eigenvalue weighted by Gasteiger charge is -2.10. The van der Waals surface area contributed by atoms with E-state index in [0.717, 1.165) is 5.69 Å². The molecule has 0 radical (unpaired) electrons. The minimum Gasteiger partial charge on any atom is -0.361 e. The van der Waals surface area contributed by atoms with Gasteiger partial charge in [0.15, 0.2) is 5.13 Å². The minimum atomic E-state index is -3.76. The Balaban J connectivity index is 1.44. The standard InChI is InChI=1S/C20H17N5O4S3/c1-13-11-15(24-29-13)12-31-19-17(3-2-8-21-19)18(26)23-14-4-6-16(7-5-14)32(27,28)25-20-22-9-10-30-20/h2-11H,12H2,1H3,(H,22,25)(H,23,26). The SMILES string of the molecule is Cc1cc(CSc2ncccc2C(=O)Nc2ccc(S(=O)(=O)Nc3nccs3)cc2)no1. The fourth-order valence-electron chi connectivity index (χ4n) is 2.67. The molecule has 0 bridgehead atoms. The lowest BCUT2D eigenvalue weighted by atomic mass is 10.2. The summed E-state index contributed by atoms with van der Waals surface area (Å²) < 4.78 is 32.3. The maximum absolute atomic E-state index is 12.8. The Morgan fingerprint density at radius 3 is 2.66 bits per heavy atom. The van der Waals surface area contributed by atoms with Crippen molar-refractivity contribution in [1.29, 1.82) is 0 Å². The molecule has 0 saturated heterocycles. The van der Waals surface area contributed by atoms with Gasteiger partial charge in [0, 0.05) is 35.3 Å². The van der Waals surface area contributed by atoms with E-state index >= 15 is 0 Å². The molecule has 9 nitrogen and oxygen atoms in total. The summed E-state index contributed by atoms with van der Waals surface area (Å²) in [6.07, 6.45) is 3.13. The molecule has 0 aliphatic heterocycles. The maximum Gasteiger partial charge on any atom is 0.263 e. The van der Waals surface area contributed by atoms with Crippen LogP contribution in [0.1, 0.15) is 21.8 Å². The van der Waals surface area contributed by atoms with Crippen molar-refractivity contribution >= 4 is 49.8 Å². The van der Waals surface area contributed by atoms with Gasteiger partial charge in [-0.05, 0) is 43.3 Å². The van der Waals surface area contributed by atoms with E-state index in [1.54, 1.807) is 23.7 Å². The molecule has 0 fully saturated rings. The van der Waals surface area contributed by atoms with Crippen LogP contribution in [0.3, 0.4) is 0 Å². The van der Waals surface area contributed by atoms with Crippen LogP contribution in [0.5, 0.6) is 0 Å². The number of carbonyl (C=O) groups excluding carboxylic acids is 1. The maximum atomic E-state index is 12.8. The number of anilines is 2. The van der Waals surface area contributed by atoms with Crippen molar-refractivity contribution in [2.45, 2.75) is 22.6 Å². The molecule has 0 saturated carbocycles. The zero-order valence-electron chi connectivity index (χ0n) is 16.7. The number of thiazole rings is 1. The smallest absolute Gasteiger partial charge is 0.263 e. The van der Waals surface area contributed by atoms with Crippen LogP contribution in [0.25, 0.3) is 0 Å². The number of hydrogen-bond acceptors (Lipinski definition) is 9. The Morgan fingerprint density at radius 2 is 1.97 bits per heavy atom. The molecule has 2 N–H and O–H groups in total. The number of sulfonamides is 1. The number of nitrogens with one attached hydrogen (secondary N) is 2. The average Bonchev–Trinajstić information content (AvgIpc) is 3.44. The second-order valence-electron chi connectivity index (χ2n) is 6.49. The first-order valence-corrected chi connectivity index (χ1v) is 12.6. The van der Waals surface area contributed by atoms with E-state index in [2.05, 4.69) is 25.2 Å². The highest BCUT2D eigenvalue weighted by Gasteiger charge is 2.17. The summed E-state index contributed by atoms with van der Waals surface area (Å²) in [6.45, 7) is 1.81. The van der Waals surface area contributed by atoms with Crippen molar-refractivity contribution in [1.82, 2.24) is 15.1 Å². The number of pyridine rings is 1. The third-order valence-corrected chi connectivity index (χ3v) is 7.34. The van der Waals surface area contributed by atoms with Gasteiger partial charge in [-0.15, -0.1) is 11.3 Å². The molecule has 0 aliphatic rings. The monoisotopic (exact) mass is 487 g/mol. The Morgan fingerprint density at radius 1 is 1.16 bits per heavy atom. The lowest BCUT2D eigenvalue weighted by Crippen LogP contribution is -2.15. The first-order chi connectivity index (χ1) is 15.4. The van der Waals surface area contributed by atoms with Crippen LogP contribution in [0.2, 0.25) is 0 Å². The topological polar surface area (TPSA) is 127 Å². The predicted molar refractivity (Wildman–Crippen MR) is 122 cm³/mol. The van der Waals surface area contributed by atoms with E-state index in [1.807, 2.05) is 13.0 Å². The summed E-state index contributed by atoms with van der Waals surface area (Å²) in [5.74, 6) is 0.869. The molecule has 1 aromatic carbocycles. The van der Waals surface area contributed by atoms with Gasteiger partial charge in [0.05, 0.1) is 16.2 Å². The average molecular weight is 488 g/mol. The molecule has 164 valence electrons. The first-order valence-electron chi connectivity index (χ1n) is 9.24. The number of thioether (sulfide) groups is 1. The van der Waals surface area contributed by atoms with Gasteiger partial charge in [0.1, 0.15) is 10.8 Å². The van der Waals surface area contributed by atoms with Crippen molar-refractivity contribution < 1.29 is 17.7 Å². The zero-order valence-corrected chi connectivity index (χ0v) is 19.1. The Bertz CT molecular complexity index is 1320. The fraction of sp³-hybridized carbons (Fsp3) is 0.100. The predicted octanol–water partition coefficient (Wildman–Crippen LogP) is 4.18.